The van der Waals surface area contributed by atoms with Gasteiger partial charge in [-0.3, -0.25) is 0 Å². The van der Waals surface area contributed by atoms with Crippen LogP contribution >= 0.6 is 0 Å². The van der Waals surface area contributed by atoms with Gasteiger partial charge >= 0.3 is 0 Å². The average Bonchev–Trinajstić information content (AvgIpc) is 1.44. The standard InChI is InChI=1S/C55H37N4.C53H41N4.2Pt/c1-4-18-41(19-5-1)44-36-48(42-20-6-2-7-21-42)55(49(37-44)43-22-8-3-9-23-43)58-38-57(51-27-12-13-28-52(51)58)45-24-16-17-39(34-45)33-40-30-31-47-46-25-10-11-26-50(46)59(53(47)35-40)54-29-14-15-32-56-54;1-53(2,3)41-30-31-54-51(35-41)57-47-25-11-10-22-45(47)46-29-28-38(34-50(46)57)32-37-16-14-21-42(33-37)55-36-56(49-27-13-12-26-48(49)55)52-43(39-17-6-4-7-18-39)23-15-24-44(52)40-19-8-5-9-20-40;;/h1-32,36-38H,33H2;4-31,35-36H,32H2,1-3H3;;/q2*-3;;/i1D,2D,3D,4D,5D,6D,7D,8D,9D,10D,11D,18D,19D,20D,21D,22D,23D,25D,26D;4D,5D,6D,7D,8D,9D,15D,17D,18D,19D,20D,23D,24D,32D2;;. The molecule has 0 saturated heterocycles. The normalized spacial score (nSPS) is 16.5. The number of hydrogen-bond acceptors (Lipinski definition) is 6. The molecule has 0 fully saturated rings. The fourth-order valence-corrected chi connectivity index (χ4v) is 14.8. The molecule has 10 heteroatoms. The Morgan fingerprint density at radius 1 is 0.331 bits per heavy atom. The first-order valence-electron chi connectivity index (χ1n) is 53.8. The van der Waals surface area contributed by atoms with Gasteiger partial charge in [0.1, 0.15) is 11.6 Å². The van der Waals surface area contributed by atoms with Crippen molar-refractivity contribution in [3.05, 3.63) is 447 Å². The van der Waals surface area contributed by atoms with Crippen molar-refractivity contribution in [2.75, 3.05) is 19.6 Å². The van der Waals surface area contributed by atoms with Gasteiger partial charge in [0.25, 0.3) is 0 Å². The minimum atomic E-state index is -2.21. The molecule has 0 unspecified atom stereocenters. The third-order valence-corrected chi connectivity index (χ3v) is 20.0. The van der Waals surface area contributed by atoms with Gasteiger partial charge in [0.2, 0.25) is 0 Å². The molecule has 6 heterocycles. The Balaban J connectivity index is 0.000000196. The van der Waals surface area contributed by atoms with Crippen molar-refractivity contribution < 1.29 is 88.7 Å². The van der Waals surface area contributed by atoms with E-state index in [0.29, 0.717) is 78.7 Å². The largest absolute Gasteiger partial charge is 0.493 e. The first kappa shape index (κ1) is 46.5. The molecule has 0 saturated carbocycles. The van der Waals surface area contributed by atoms with E-state index < -0.39 is 209 Å². The fourth-order valence-electron chi connectivity index (χ4n) is 14.8. The maximum atomic E-state index is 9.71. The molecule has 21 rings (SSSR count). The van der Waals surface area contributed by atoms with E-state index in [1.807, 2.05) is 59.2 Å². The molecule has 0 aliphatic carbocycles. The van der Waals surface area contributed by atoms with E-state index in [4.69, 9.17) is 40.6 Å². The summed E-state index contributed by atoms with van der Waals surface area (Å²) in [6.45, 7) is 9.46. The SMILES string of the molecule is [2H]c1c([2H])c([2H])c(-c2c([2H])c([2H])c([2H])c(-c3c([2H])c([2H])c([2H])c([2H])c3[2H])c2N2[CH-]N(c3[c-]c(C([2H])([2H])c4[c-]c5c(cc4)c4ccccc4n5-c4cc(C(C)(C)C)ccn4)ccc3)c3ccccc32)c([2H])c1[2H].[2H]c1c([2H])c([2H])c(-c2cc(-c3c([2H])c([2H])c([2H])c([2H])c3[2H])c(N3[CH-]N(c4[c-]c(Cc5[c-]c6c(cc5)c5c([2H])c([2H])c([2H])c([2H])c5n6-c5ccccn5)ccc4)c4ccccc43)c(-c3c([2H])c([2H])c([2H])c([2H])c3[2H])c2)c([2H])c1[2H].[Pt].[Pt]. The molecule has 0 bridgehead atoms. The van der Waals surface area contributed by atoms with E-state index >= 15 is 0 Å². The Morgan fingerprint density at radius 3 is 1.34 bits per heavy atom. The molecule has 15 aromatic carbocycles. The van der Waals surface area contributed by atoms with Gasteiger partial charge in [0.05, 0.1) is 43.9 Å². The molecule has 4 aromatic heterocycles. The third kappa shape index (κ3) is 14.5. The minimum Gasteiger partial charge on any atom is -0.493 e. The number of nitrogens with zero attached hydrogens (tertiary/aromatic N) is 8. The van der Waals surface area contributed by atoms with Crippen molar-refractivity contribution >= 4 is 89.1 Å². The van der Waals surface area contributed by atoms with Crippen molar-refractivity contribution in [1.29, 1.82) is 0 Å². The van der Waals surface area contributed by atoms with Gasteiger partial charge in [-0.1, -0.05) is 268 Å². The minimum absolute atomic E-state index is 0. The summed E-state index contributed by atoms with van der Waals surface area (Å²) in [5.74, 6) is 1.08. The fraction of sp³-hybridized carbons (Fsp3) is 0.0556. The summed E-state index contributed by atoms with van der Waals surface area (Å²) in [5, 5.41) is 2.65. The summed E-state index contributed by atoms with van der Waals surface area (Å²) in [4.78, 5) is 15.7. The maximum Gasteiger partial charge on any atom is 0.135 e. The number of hydrogen-bond donors (Lipinski definition) is 0. The van der Waals surface area contributed by atoms with Crippen LogP contribution in [0.3, 0.4) is 0 Å². The second-order valence-electron chi connectivity index (χ2n) is 28.0. The van der Waals surface area contributed by atoms with Crippen LogP contribution in [0.25, 0.3) is 111 Å². The molecule has 2 aliphatic rings. The van der Waals surface area contributed by atoms with E-state index in [-0.39, 0.29) is 128 Å². The number of anilines is 8. The number of pyridine rings is 2. The second-order valence-corrected chi connectivity index (χ2v) is 28.0. The average molecular weight is 1910 g/mol. The number of fused-ring (bicyclic) bond motifs is 8. The maximum absolute atomic E-state index is 9.71. The van der Waals surface area contributed by atoms with Gasteiger partial charge in [-0.05, 0) is 141 Å². The first-order chi connectivity index (χ1) is 71.2. The predicted molar refractivity (Wildman–Crippen MR) is 480 cm³/mol. The van der Waals surface area contributed by atoms with Crippen molar-refractivity contribution in [1.82, 2.24) is 19.1 Å². The molecule has 118 heavy (non-hydrogen) atoms. The van der Waals surface area contributed by atoms with E-state index in [1.54, 1.807) is 148 Å². The molecule has 19 aromatic rings. The van der Waals surface area contributed by atoms with Gasteiger partial charge in [-0.2, -0.15) is 107 Å². The molecule has 0 radical (unpaired) electrons. The van der Waals surface area contributed by atoms with Crippen molar-refractivity contribution in [2.45, 2.75) is 39.0 Å². The topological polar surface area (TPSA) is 48.6 Å². The van der Waals surface area contributed by atoms with E-state index in [9.17, 15) is 11.0 Å². The predicted octanol–water partition coefficient (Wildman–Crippen LogP) is 27.2. The van der Waals surface area contributed by atoms with Crippen LogP contribution in [0.5, 0.6) is 0 Å². The molecule has 8 nitrogen and oxygen atoms in total. The Hall–Kier alpha value is -13.2. The monoisotopic (exact) mass is 1910 g/mol. The number of aromatic nitrogens is 4. The van der Waals surface area contributed by atoms with E-state index in [1.165, 1.54) is 23.7 Å². The summed E-state index contributed by atoms with van der Waals surface area (Å²) >= 11 is 0. The number of rotatable bonds is 15. The van der Waals surface area contributed by atoms with Crippen LogP contribution in [0.2, 0.25) is 0 Å². The Morgan fingerprint density at radius 2 is 0.771 bits per heavy atom. The van der Waals surface area contributed by atoms with Gasteiger partial charge in [0, 0.05) is 125 Å². The molecule has 0 amide bonds. The molecule has 0 N–H and O–H groups in total. The van der Waals surface area contributed by atoms with Crippen molar-refractivity contribution in [3.63, 3.8) is 0 Å². The third-order valence-electron chi connectivity index (χ3n) is 20.0. The zero-order valence-electron chi connectivity index (χ0n) is 96.5. The smallest absolute Gasteiger partial charge is 0.135 e. The van der Waals surface area contributed by atoms with Gasteiger partial charge in [-0.15, -0.1) is 35.5 Å². The molecule has 576 valence electrons. The molecular weight excluding hydrogens is 1800 g/mol. The zero-order chi connectivity index (χ0) is 107. The zero-order valence-corrected chi connectivity index (χ0v) is 67.0. The van der Waals surface area contributed by atoms with Crippen LogP contribution in [0, 0.1) is 37.6 Å². The van der Waals surface area contributed by atoms with Crippen molar-refractivity contribution in [3.8, 4) is 67.3 Å². The quantitative estimate of drug-likeness (QED) is 0.0954. The van der Waals surface area contributed by atoms with Crippen molar-refractivity contribution in [2.24, 2.45) is 0 Å². The molecular formula is C108H78N8Pt2-6. The van der Waals surface area contributed by atoms with Gasteiger partial charge in [-0.25, -0.2) is 9.97 Å². The number of benzene rings is 15. The summed E-state index contributed by atoms with van der Waals surface area (Å²) in [5.41, 5.74) is 3.34. The number of para-hydroxylation sites is 7. The summed E-state index contributed by atoms with van der Waals surface area (Å²) in [6.07, 6.45) is 1.39. The second kappa shape index (κ2) is 32.8. The first-order valence-corrected chi connectivity index (χ1v) is 36.8. The van der Waals surface area contributed by atoms with Crippen LogP contribution in [-0.2, 0) is 60.3 Å². The summed E-state index contributed by atoms with van der Waals surface area (Å²) < 4.78 is 305. The Labute approximate surface area is 766 Å². The molecule has 0 spiro atoms. The van der Waals surface area contributed by atoms with Crippen LogP contribution in [-0.4, -0.2) is 19.1 Å². The van der Waals surface area contributed by atoms with Crippen LogP contribution in [0.1, 0.15) is 95.2 Å². The molecule has 2 aliphatic heterocycles. The summed E-state index contributed by atoms with van der Waals surface area (Å²) in [7, 11) is 0. The van der Waals surface area contributed by atoms with Crippen LogP contribution in [0.4, 0.5) is 45.5 Å². The molecule has 0 atom stereocenters. The van der Waals surface area contributed by atoms with Gasteiger partial charge < -0.3 is 28.7 Å². The van der Waals surface area contributed by atoms with E-state index in [0.717, 1.165) is 21.9 Å². The Bertz CT molecular complexity index is 8720. The Kier molecular flexibility index (Phi) is 12.9. The van der Waals surface area contributed by atoms with E-state index in [2.05, 4.69) is 50.0 Å². The van der Waals surface area contributed by atoms with Crippen LogP contribution < -0.4 is 19.6 Å². The summed E-state index contributed by atoms with van der Waals surface area (Å²) in [6, 6.07) is 43.4. The van der Waals surface area contributed by atoms with Gasteiger partial charge in [0.15, 0.2) is 0 Å². The van der Waals surface area contributed by atoms with Crippen LogP contribution in [0.15, 0.2) is 382 Å².